The largest absolute Gasteiger partial charge is 0.433 e. The van der Waals surface area contributed by atoms with Gasteiger partial charge in [-0.3, -0.25) is 4.79 Å². The van der Waals surface area contributed by atoms with Gasteiger partial charge in [-0.1, -0.05) is 0 Å². The molecule has 2 aromatic rings. The lowest BCUT2D eigenvalue weighted by molar-refractivity contribution is -0.142. The number of nitrogens with zero attached hydrogens (tertiary/aromatic N) is 2. The number of carbonyl (C=O) groups excluding carboxylic acids is 1. The molecule has 0 radical (unpaired) electrons. The number of aromatic nitrogens is 2. The molecule has 3 nitrogen and oxygen atoms in total. The van der Waals surface area contributed by atoms with Crippen LogP contribution in [0.2, 0.25) is 0 Å². The summed E-state index contributed by atoms with van der Waals surface area (Å²) in [7, 11) is 0. The maximum Gasteiger partial charge on any atom is 0.433 e. The van der Waals surface area contributed by atoms with Gasteiger partial charge in [0.15, 0.2) is 29.6 Å². The van der Waals surface area contributed by atoms with Gasteiger partial charge in [0.25, 0.3) is 0 Å². The molecule has 22 heavy (non-hydrogen) atoms. The fourth-order valence-corrected chi connectivity index (χ4v) is 1.61. The van der Waals surface area contributed by atoms with Crippen molar-refractivity contribution in [3.05, 3.63) is 46.5 Å². The van der Waals surface area contributed by atoms with E-state index >= 15 is 0 Å². The van der Waals surface area contributed by atoms with E-state index in [1.165, 1.54) is 0 Å². The van der Waals surface area contributed by atoms with E-state index in [0.717, 1.165) is 0 Å². The van der Waals surface area contributed by atoms with Crippen LogP contribution in [0.5, 0.6) is 0 Å². The van der Waals surface area contributed by atoms with Crippen molar-refractivity contribution in [2.75, 3.05) is 0 Å². The number of alkyl halides is 3. The zero-order chi connectivity index (χ0) is 16.8. The first kappa shape index (κ1) is 15.9. The Morgan fingerprint density at radius 2 is 1.36 bits per heavy atom. The molecule has 0 aliphatic heterocycles. The molecular weight excluding hydrogens is 328 g/mol. The number of aldehydes is 1. The predicted molar refractivity (Wildman–Crippen MR) is 53.7 cm³/mol. The minimum Gasteiger partial charge on any atom is -0.296 e. The third kappa shape index (κ3) is 2.31. The van der Waals surface area contributed by atoms with Crippen LogP contribution < -0.4 is 0 Å². The molecule has 0 saturated carbocycles. The molecule has 0 spiro atoms. The van der Waals surface area contributed by atoms with Crippen molar-refractivity contribution in [2.45, 2.75) is 6.18 Å². The maximum absolute atomic E-state index is 13.5. The van der Waals surface area contributed by atoms with Gasteiger partial charge >= 0.3 is 6.18 Å². The van der Waals surface area contributed by atoms with Crippen LogP contribution in [0, 0.1) is 29.1 Å². The normalized spacial score (nSPS) is 11.8. The monoisotopic (exact) mass is 330 g/mol. The molecule has 0 amide bonds. The smallest absolute Gasteiger partial charge is 0.296 e. The van der Waals surface area contributed by atoms with Gasteiger partial charge in [-0.2, -0.15) is 18.3 Å². The molecule has 11 heteroatoms. The lowest BCUT2D eigenvalue weighted by Gasteiger charge is -2.12. The van der Waals surface area contributed by atoms with E-state index in [-0.39, 0.29) is 12.4 Å². The Bertz CT molecular complexity index is 735. The summed E-state index contributed by atoms with van der Waals surface area (Å²) in [5, 5.41) is 2.89. The lowest BCUT2D eigenvalue weighted by atomic mass is 10.2. The van der Waals surface area contributed by atoms with Gasteiger partial charge in [0.2, 0.25) is 5.82 Å². The van der Waals surface area contributed by atoms with E-state index in [4.69, 9.17) is 0 Å². The van der Waals surface area contributed by atoms with E-state index in [1.807, 2.05) is 0 Å². The summed E-state index contributed by atoms with van der Waals surface area (Å²) in [4.78, 5) is 10.4. The van der Waals surface area contributed by atoms with Crippen LogP contribution >= 0.6 is 0 Å². The van der Waals surface area contributed by atoms with Gasteiger partial charge in [0, 0.05) is 0 Å². The van der Waals surface area contributed by atoms with Gasteiger partial charge in [-0.15, -0.1) is 0 Å². The summed E-state index contributed by atoms with van der Waals surface area (Å²) in [6.45, 7) is 0. The topological polar surface area (TPSA) is 34.9 Å². The van der Waals surface area contributed by atoms with Gasteiger partial charge in [0.05, 0.1) is 0 Å². The zero-order valence-electron chi connectivity index (χ0n) is 9.98. The van der Waals surface area contributed by atoms with Crippen molar-refractivity contribution in [3.63, 3.8) is 0 Å². The first-order valence-corrected chi connectivity index (χ1v) is 5.23. The second-order valence-corrected chi connectivity index (χ2v) is 3.90. The average Bonchev–Trinajstić information content (AvgIpc) is 2.87. The van der Waals surface area contributed by atoms with E-state index in [0.29, 0.717) is 0 Å². The Labute approximate surface area is 115 Å². The summed E-state index contributed by atoms with van der Waals surface area (Å²) < 4.78 is 104. The molecule has 0 atom stereocenters. The Hall–Kier alpha value is -2.46. The molecule has 1 aromatic heterocycles. The molecule has 0 unspecified atom stereocenters. The predicted octanol–water partition coefficient (Wildman–Crippen LogP) is 3.40. The lowest BCUT2D eigenvalue weighted by Crippen LogP contribution is -2.17. The standard InChI is InChI=1S/C11H2F8N2O/c12-5-6(13)8(15)10(9(16)7(5)14)21-4(11(17,18)19)1-3(2-22)20-21/h1-2H. The summed E-state index contributed by atoms with van der Waals surface area (Å²) in [6.07, 6.45) is -5.44. The van der Waals surface area contributed by atoms with Crippen LogP contribution in [0.3, 0.4) is 0 Å². The maximum atomic E-state index is 13.5. The van der Waals surface area contributed by atoms with Crippen LogP contribution in [0.1, 0.15) is 16.2 Å². The highest BCUT2D eigenvalue weighted by atomic mass is 19.4. The third-order valence-electron chi connectivity index (χ3n) is 2.54. The van der Waals surface area contributed by atoms with Crippen LogP contribution in [-0.2, 0) is 6.18 Å². The number of rotatable bonds is 2. The van der Waals surface area contributed by atoms with Crippen molar-refractivity contribution in [2.24, 2.45) is 0 Å². The molecule has 1 aromatic carbocycles. The van der Waals surface area contributed by atoms with Crippen molar-refractivity contribution in [1.29, 1.82) is 0 Å². The summed E-state index contributed by atoms with van der Waals surface area (Å²) in [5.41, 5.74) is -4.72. The van der Waals surface area contributed by atoms with E-state index < -0.39 is 57.0 Å². The molecule has 2 rings (SSSR count). The van der Waals surface area contributed by atoms with Crippen LogP contribution in [0.15, 0.2) is 6.07 Å². The van der Waals surface area contributed by atoms with Crippen molar-refractivity contribution in [3.8, 4) is 5.69 Å². The average molecular weight is 330 g/mol. The van der Waals surface area contributed by atoms with Gasteiger partial charge in [-0.05, 0) is 6.07 Å². The van der Waals surface area contributed by atoms with Gasteiger partial charge < -0.3 is 0 Å². The summed E-state index contributed by atoms with van der Waals surface area (Å²) in [5.74, 6) is -12.4. The zero-order valence-corrected chi connectivity index (χ0v) is 9.98. The van der Waals surface area contributed by atoms with Gasteiger partial charge in [0.1, 0.15) is 17.1 Å². The molecule has 0 aliphatic rings. The van der Waals surface area contributed by atoms with Crippen LogP contribution in [0.4, 0.5) is 35.1 Å². The number of carbonyl (C=O) groups is 1. The fraction of sp³-hybridized carbons (Fsp3) is 0.0909. The number of hydrogen-bond donors (Lipinski definition) is 0. The summed E-state index contributed by atoms with van der Waals surface area (Å²) in [6, 6.07) is 0.102. The quantitative estimate of drug-likeness (QED) is 0.366. The first-order valence-electron chi connectivity index (χ1n) is 5.23. The molecule has 0 bridgehead atoms. The Morgan fingerprint density at radius 3 is 1.77 bits per heavy atom. The van der Waals surface area contributed by atoms with Crippen LogP contribution in [0.25, 0.3) is 5.69 Å². The first-order chi connectivity index (χ1) is 10.1. The summed E-state index contributed by atoms with van der Waals surface area (Å²) >= 11 is 0. The molecular formula is C11H2F8N2O. The third-order valence-corrected chi connectivity index (χ3v) is 2.54. The minimum atomic E-state index is -5.26. The molecule has 0 saturated heterocycles. The van der Waals surface area contributed by atoms with Crippen molar-refractivity contribution < 1.29 is 39.9 Å². The van der Waals surface area contributed by atoms with Crippen molar-refractivity contribution in [1.82, 2.24) is 9.78 Å². The Balaban J connectivity index is 2.89. The second-order valence-electron chi connectivity index (χ2n) is 3.90. The molecule has 0 N–H and O–H groups in total. The van der Waals surface area contributed by atoms with Gasteiger partial charge in [-0.25, -0.2) is 26.6 Å². The molecule has 118 valence electrons. The SMILES string of the molecule is O=Cc1cc(C(F)(F)F)n(-c2c(F)c(F)c(F)c(F)c2F)n1. The Morgan fingerprint density at radius 1 is 0.909 bits per heavy atom. The number of benzene rings is 1. The van der Waals surface area contributed by atoms with E-state index in [2.05, 4.69) is 5.10 Å². The fourth-order valence-electron chi connectivity index (χ4n) is 1.61. The molecule has 1 heterocycles. The highest BCUT2D eigenvalue weighted by Gasteiger charge is 2.39. The molecule has 0 fully saturated rings. The number of halogens is 8. The second kappa shape index (κ2) is 5.07. The minimum absolute atomic E-state index is 0.102. The van der Waals surface area contributed by atoms with Crippen LogP contribution in [-0.4, -0.2) is 16.1 Å². The molecule has 0 aliphatic carbocycles. The van der Waals surface area contributed by atoms with Crippen molar-refractivity contribution >= 4 is 6.29 Å². The highest BCUT2D eigenvalue weighted by Crippen LogP contribution is 2.34. The highest BCUT2D eigenvalue weighted by molar-refractivity contribution is 5.72. The number of hydrogen-bond acceptors (Lipinski definition) is 2. The van der Waals surface area contributed by atoms with E-state index in [1.54, 1.807) is 0 Å². The van der Waals surface area contributed by atoms with E-state index in [9.17, 15) is 39.9 Å². The Kier molecular flexibility index (Phi) is 3.67.